The molecule has 0 spiro atoms. The van der Waals surface area contributed by atoms with Crippen LogP contribution < -0.4 is 5.32 Å². The van der Waals surface area contributed by atoms with Gasteiger partial charge in [-0.25, -0.2) is 0 Å². The van der Waals surface area contributed by atoms with E-state index in [1.165, 1.54) is 15.3 Å². The van der Waals surface area contributed by atoms with Crippen molar-refractivity contribution >= 4 is 11.3 Å². The van der Waals surface area contributed by atoms with E-state index in [9.17, 15) is 0 Å². The normalized spacial score (nSPS) is 11.7. The van der Waals surface area contributed by atoms with Gasteiger partial charge in [-0.3, -0.25) is 4.90 Å². The molecule has 0 aliphatic carbocycles. The van der Waals surface area contributed by atoms with Crippen LogP contribution in [0.2, 0.25) is 0 Å². The third-order valence-corrected chi connectivity index (χ3v) is 3.82. The van der Waals surface area contributed by atoms with Crippen molar-refractivity contribution in [1.29, 1.82) is 0 Å². The van der Waals surface area contributed by atoms with Gasteiger partial charge in [-0.05, 0) is 46.5 Å². The molecular weight excluding hydrogens is 204 g/mol. The molecular formula is C12H22N2S. The van der Waals surface area contributed by atoms with Crippen molar-refractivity contribution in [2.24, 2.45) is 0 Å². The molecule has 0 saturated carbocycles. The van der Waals surface area contributed by atoms with Crippen molar-refractivity contribution in [2.45, 2.75) is 39.9 Å². The summed E-state index contributed by atoms with van der Waals surface area (Å²) >= 11 is 1.90. The van der Waals surface area contributed by atoms with E-state index in [1.54, 1.807) is 0 Å². The smallest absolute Gasteiger partial charge is 0.0296 e. The van der Waals surface area contributed by atoms with Gasteiger partial charge in [0.1, 0.15) is 0 Å². The Hall–Kier alpha value is -0.380. The quantitative estimate of drug-likeness (QED) is 0.830. The van der Waals surface area contributed by atoms with Gasteiger partial charge in [-0.2, -0.15) is 0 Å². The molecule has 0 amide bonds. The summed E-state index contributed by atoms with van der Waals surface area (Å²) in [5.74, 6) is 0. The molecule has 0 aromatic carbocycles. The summed E-state index contributed by atoms with van der Waals surface area (Å²) in [6.07, 6.45) is 0. The van der Waals surface area contributed by atoms with Crippen LogP contribution in [0.25, 0.3) is 0 Å². The minimum atomic E-state index is 0.608. The Labute approximate surface area is 97.3 Å². The highest BCUT2D eigenvalue weighted by Crippen LogP contribution is 2.22. The Balaban J connectivity index is 2.68. The monoisotopic (exact) mass is 226 g/mol. The highest BCUT2D eigenvalue weighted by atomic mass is 32.1. The van der Waals surface area contributed by atoms with Gasteiger partial charge >= 0.3 is 0 Å². The van der Waals surface area contributed by atoms with Crippen LogP contribution in [0.4, 0.5) is 0 Å². The molecule has 0 radical (unpaired) electrons. The second-order valence-electron chi connectivity index (χ2n) is 4.33. The molecule has 0 bridgehead atoms. The highest BCUT2D eigenvalue weighted by Gasteiger charge is 2.09. The number of hydrogen-bond acceptors (Lipinski definition) is 3. The molecule has 0 atom stereocenters. The first-order valence-electron chi connectivity index (χ1n) is 5.47. The summed E-state index contributed by atoms with van der Waals surface area (Å²) in [5, 5.41) is 3.20. The maximum absolute atomic E-state index is 3.20. The van der Waals surface area contributed by atoms with Crippen LogP contribution in [0.1, 0.15) is 29.2 Å². The van der Waals surface area contributed by atoms with Crippen molar-refractivity contribution in [2.75, 3.05) is 14.1 Å². The average Bonchev–Trinajstić information content (AvgIpc) is 2.47. The second kappa shape index (κ2) is 5.64. The number of aryl methyl sites for hydroxylation is 1. The Morgan fingerprint density at radius 3 is 2.67 bits per heavy atom. The standard InChI is InChI=1S/C12H22N2S/c1-9(2)14(5)8-11-6-12(7-13-4)15-10(11)3/h6,9,13H,7-8H2,1-5H3. The van der Waals surface area contributed by atoms with Gasteiger partial charge < -0.3 is 5.32 Å². The van der Waals surface area contributed by atoms with Crippen molar-refractivity contribution in [3.05, 3.63) is 21.4 Å². The fraction of sp³-hybridized carbons (Fsp3) is 0.667. The molecule has 1 aromatic rings. The zero-order chi connectivity index (χ0) is 11.4. The van der Waals surface area contributed by atoms with Crippen LogP contribution in [0.15, 0.2) is 6.07 Å². The minimum Gasteiger partial charge on any atom is -0.315 e. The zero-order valence-electron chi connectivity index (χ0n) is 10.4. The lowest BCUT2D eigenvalue weighted by Gasteiger charge is -2.20. The summed E-state index contributed by atoms with van der Waals surface area (Å²) < 4.78 is 0. The number of nitrogens with one attached hydrogen (secondary N) is 1. The first kappa shape index (κ1) is 12.7. The molecule has 0 saturated heterocycles. The number of rotatable bonds is 5. The summed E-state index contributed by atoms with van der Waals surface area (Å²) in [5.41, 5.74) is 1.47. The van der Waals surface area contributed by atoms with E-state index in [-0.39, 0.29) is 0 Å². The first-order valence-corrected chi connectivity index (χ1v) is 6.29. The maximum Gasteiger partial charge on any atom is 0.0296 e. The molecule has 86 valence electrons. The Morgan fingerprint density at radius 1 is 1.47 bits per heavy atom. The number of thiophene rings is 1. The predicted molar refractivity (Wildman–Crippen MR) is 68.4 cm³/mol. The fourth-order valence-corrected chi connectivity index (χ4v) is 2.52. The first-order chi connectivity index (χ1) is 7.04. The van der Waals surface area contributed by atoms with E-state index in [1.807, 2.05) is 18.4 Å². The van der Waals surface area contributed by atoms with Gasteiger partial charge in [0.2, 0.25) is 0 Å². The summed E-state index contributed by atoms with van der Waals surface area (Å²) in [4.78, 5) is 5.26. The van der Waals surface area contributed by atoms with Gasteiger partial charge in [0, 0.05) is 28.9 Å². The molecule has 0 unspecified atom stereocenters. The van der Waals surface area contributed by atoms with Gasteiger partial charge in [0.25, 0.3) is 0 Å². The zero-order valence-corrected chi connectivity index (χ0v) is 11.2. The third kappa shape index (κ3) is 3.59. The molecule has 1 heterocycles. The molecule has 15 heavy (non-hydrogen) atoms. The van der Waals surface area contributed by atoms with Crippen LogP contribution in [0.3, 0.4) is 0 Å². The number of hydrogen-bond donors (Lipinski definition) is 1. The van der Waals surface area contributed by atoms with E-state index >= 15 is 0 Å². The Bertz CT molecular complexity index is 305. The molecule has 0 aliphatic rings. The molecule has 1 N–H and O–H groups in total. The summed E-state index contributed by atoms with van der Waals surface area (Å²) in [6, 6.07) is 2.94. The lowest BCUT2D eigenvalue weighted by molar-refractivity contribution is 0.265. The molecule has 0 fully saturated rings. The van der Waals surface area contributed by atoms with E-state index < -0.39 is 0 Å². The lowest BCUT2D eigenvalue weighted by Crippen LogP contribution is -2.25. The van der Waals surface area contributed by atoms with E-state index in [0.29, 0.717) is 6.04 Å². The maximum atomic E-state index is 3.20. The Morgan fingerprint density at radius 2 is 2.13 bits per heavy atom. The minimum absolute atomic E-state index is 0.608. The molecule has 3 heteroatoms. The van der Waals surface area contributed by atoms with Crippen LogP contribution >= 0.6 is 11.3 Å². The molecule has 2 nitrogen and oxygen atoms in total. The van der Waals surface area contributed by atoms with E-state index in [0.717, 1.165) is 13.1 Å². The van der Waals surface area contributed by atoms with Gasteiger partial charge in [0.05, 0.1) is 0 Å². The van der Waals surface area contributed by atoms with Crippen molar-refractivity contribution < 1.29 is 0 Å². The predicted octanol–water partition coefficient (Wildman–Crippen LogP) is 2.62. The van der Waals surface area contributed by atoms with Gasteiger partial charge in [-0.15, -0.1) is 11.3 Å². The summed E-state index contributed by atoms with van der Waals surface area (Å²) in [7, 11) is 4.18. The largest absolute Gasteiger partial charge is 0.315 e. The summed E-state index contributed by atoms with van der Waals surface area (Å²) in [6.45, 7) is 8.72. The molecule has 1 aromatic heterocycles. The van der Waals surface area contributed by atoms with Crippen LogP contribution in [0, 0.1) is 6.92 Å². The van der Waals surface area contributed by atoms with Crippen molar-refractivity contribution in [3.63, 3.8) is 0 Å². The Kier molecular flexibility index (Phi) is 4.77. The van der Waals surface area contributed by atoms with Crippen LogP contribution in [0.5, 0.6) is 0 Å². The van der Waals surface area contributed by atoms with E-state index in [2.05, 4.69) is 44.1 Å². The molecule has 1 rings (SSSR count). The number of nitrogens with zero attached hydrogens (tertiary/aromatic N) is 1. The topological polar surface area (TPSA) is 15.3 Å². The lowest BCUT2D eigenvalue weighted by atomic mass is 10.2. The van der Waals surface area contributed by atoms with Crippen molar-refractivity contribution in [3.8, 4) is 0 Å². The molecule has 0 aliphatic heterocycles. The second-order valence-corrected chi connectivity index (χ2v) is 5.67. The SMILES string of the molecule is CNCc1cc(CN(C)C(C)C)c(C)s1. The van der Waals surface area contributed by atoms with Crippen LogP contribution in [-0.4, -0.2) is 25.0 Å². The van der Waals surface area contributed by atoms with Gasteiger partial charge in [0.15, 0.2) is 0 Å². The average molecular weight is 226 g/mol. The fourth-order valence-electron chi connectivity index (χ4n) is 1.46. The van der Waals surface area contributed by atoms with E-state index in [4.69, 9.17) is 0 Å². The van der Waals surface area contributed by atoms with Gasteiger partial charge in [-0.1, -0.05) is 0 Å². The van der Waals surface area contributed by atoms with Crippen molar-refractivity contribution in [1.82, 2.24) is 10.2 Å². The van der Waals surface area contributed by atoms with Crippen LogP contribution in [-0.2, 0) is 13.1 Å². The third-order valence-electron chi connectivity index (χ3n) is 2.72. The highest BCUT2D eigenvalue weighted by molar-refractivity contribution is 7.12.